The molecule has 42 heavy (non-hydrogen) atoms. The molecule has 3 fully saturated rings. The van der Waals surface area contributed by atoms with Crippen LogP contribution in [0.2, 0.25) is 0 Å². The number of ether oxygens (including phenoxy) is 1. The molecule has 2 unspecified atom stereocenters. The van der Waals surface area contributed by atoms with Gasteiger partial charge in [-0.1, -0.05) is 49.6 Å². The molecule has 2 aliphatic heterocycles. The number of rotatable bonds is 10. The maximum absolute atomic E-state index is 13.9. The van der Waals surface area contributed by atoms with Gasteiger partial charge in [0, 0.05) is 37.2 Å². The van der Waals surface area contributed by atoms with Crippen molar-refractivity contribution in [2.75, 3.05) is 43.3 Å². The predicted molar refractivity (Wildman–Crippen MR) is 173 cm³/mol. The number of hydrogen-bond acceptors (Lipinski definition) is 7. The van der Waals surface area contributed by atoms with Crippen molar-refractivity contribution < 1.29 is 19.1 Å². The Morgan fingerprint density at radius 3 is 2.43 bits per heavy atom. The van der Waals surface area contributed by atoms with Gasteiger partial charge in [-0.05, 0) is 70.7 Å². The molecule has 4 rings (SSSR count). The van der Waals surface area contributed by atoms with E-state index in [0.29, 0.717) is 42.4 Å². The van der Waals surface area contributed by atoms with Crippen molar-refractivity contribution in [2.24, 2.45) is 5.92 Å². The van der Waals surface area contributed by atoms with E-state index in [1.807, 2.05) is 31.7 Å². The summed E-state index contributed by atoms with van der Waals surface area (Å²) < 4.78 is 5.56. The Hall–Kier alpha value is -1.91. The van der Waals surface area contributed by atoms with Crippen molar-refractivity contribution in [3.05, 3.63) is 35.9 Å². The van der Waals surface area contributed by atoms with E-state index in [1.165, 1.54) is 54.3 Å². The van der Waals surface area contributed by atoms with Crippen LogP contribution in [0.4, 0.5) is 4.79 Å². The molecule has 2 heterocycles. The lowest BCUT2D eigenvalue weighted by atomic mass is 9.91. The second kappa shape index (κ2) is 15.7. The molecule has 0 bridgehead atoms. The van der Waals surface area contributed by atoms with Crippen LogP contribution in [0.25, 0.3) is 0 Å². The third kappa shape index (κ3) is 9.81. The zero-order valence-electron chi connectivity index (χ0n) is 25.9. The Balaban J connectivity index is 1.35. The van der Waals surface area contributed by atoms with Crippen molar-refractivity contribution in [2.45, 2.75) is 96.0 Å². The van der Waals surface area contributed by atoms with Crippen molar-refractivity contribution in [3.8, 4) is 0 Å². The van der Waals surface area contributed by atoms with Crippen LogP contribution in [0.15, 0.2) is 30.3 Å². The summed E-state index contributed by atoms with van der Waals surface area (Å²) in [6, 6.07) is 9.67. The Morgan fingerprint density at radius 2 is 1.76 bits per heavy atom. The first-order valence-electron chi connectivity index (χ1n) is 15.6. The number of carbonyl (C=O) groups is 3. The molecule has 0 spiro atoms. The van der Waals surface area contributed by atoms with E-state index in [2.05, 4.69) is 41.5 Å². The summed E-state index contributed by atoms with van der Waals surface area (Å²) >= 11 is 3.32. The summed E-state index contributed by atoms with van der Waals surface area (Å²) in [6.07, 6.45) is 7.76. The third-order valence-corrected chi connectivity index (χ3v) is 10.8. The number of hydrogen-bond donors (Lipinski definition) is 1. The molecular formula is C32H50N4O4S2. The molecule has 1 aromatic carbocycles. The summed E-state index contributed by atoms with van der Waals surface area (Å²) in [5, 5.41) is 3.08. The third-order valence-electron chi connectivity index (χ3n) is 8.46. The predicted octanol–water partition coefficient (Wildman–Crippen LogP) is 5.22. The molecule has 234 valence electrons. The van der Waals surface area contributed by atoms with Crippen LogP contribution in [-0.2, 0) is 20.9 Å². The largest absolute Gasteiger partial charge is 0.444 e. The number of likely N-dealkylation sites (tertiary alicyclic amines) is 1. The summed E-state index contributed by atoms with van der Waals surface area (Å²) in [5.74, 6) is 2.92. The van der Waals surface area contributed by atoms with Crippen LogP contribution in [0.1, 0.15) is 71.3 Å². The van der Waals surface area contributed by atoms with Crippen LogP contribution in [0.3, 0.4) is 0 Å². The standard InChI is InChI=1S/C32H50N4O4S2/c1-32(2,3)40-31(39)36-23-42-22-28(36)29(37)33-27(21-41-20-25-13-9-6-10-14-25)30(38)35-17-15-26(16-18-35)34(4)19-24-11-7-5-8-12-24/h5,7-8,11-12,25-28H,6,9-10,13-23H2,1-4H3,(H,33,37). The minimum absolute atomic E-state index is 0.00174. The van der Waals surface area contributed by atoms with Gasteiger partial charge in [0.1, 0.15) is 17.7 Å². The maximum Gasteiger partial charge on any atom is 0.411 e. The van der Waals surface area contributed by atoms with Gasteiger partial charge in [-0.25, -0.2) is 4.79 Å². The Bertz CT molecular complexity index is 1020. The Kier molecular flexibility index (Phi) is 12.3. The highest BCUT2D eigenvalue weighted by Crippen LogP contribution is 2.28. The van der Waals surface area contributed by atoms with E-state index in [-0.39, 0.29) is 11.8 Å². The van der Waals surface area contributed by atoms with Crippen LogP contribution in [0.5, 0.6) is 0 Å². The zero-order chi connectivity index (χ0) is 30.1. The molecule has 1 aromatic rings. The van der Waals surface area contributed by atoms with E-state index in [9.17, 15) is 14.4 Å². The normalized spacial score (nSPS) is 21.4. The second-order valence-electron chi connectivity index (χ2n) is 13.0. The van der Waals surface area contributed by atoms with Crippen LogP contribution < -0.4 is 5.32 Å². The van der Waals surface area contributed by atoms with Crippen LogP contribution >= 0.6 is 23.5 Å². The molecule has 10 heteroatoms. The van der Waals surface area contributed by atoms with Gasteiger partial charge in [0.15, 0.2) is 0 Å². The highest BCUT2D eigenvalue weighted by Gasteiger charge is 2.39. The van der Waals surface area contributed by atoms with Crippen LogP contribution in [-0.4, -0.2) is 99.6 Å². The molecule has 3 amide bonds. The lowest BCUT2D eigenvalue weighted by molar-refractivity contribution is -0.138. The smallest absolute Gasteiger partial charge is 0.411 e. The van der Waals surface area contributed by atoms with Gasteiger partial charge < -0.3 is 15.0 Å². The number of thioether (sulfide) groups is 2. The molecule has 8 nitrogen and oxygen atoms in total. The molecule has 1 aliphatic carbocycles. The fourth-order valence-electron chi connectivity index (χ4n) is 6.06. The number of carbonyl (C=O) groups excluding carboxylic acids is 3. The second-order valence-corrected chi connectivity index (χ2v) is 15.1. The Labute approximate surface area is 261 Å². The lowest BCUT2D eigenvalue weighted by Gasteiger charge is -2.38. The highest BCUT2D eigenvalue weighted by molar-refractivity contribution is 7.99. The van der Waals surface area contributed by atoms with Gasteiger partial charge in [-0.2, -0.15) is 11.8 Å². The quantitative estimate of drug-likeness (QED) is 0.385. The van der Waals surface area contributed by atoms with Gasteiger partial charge in [0.2, 0.25) is 11.8 Å². The maximum atomic E-state index is 13.9. The van der Waals surface area contributed by atoms with Gasteiger partial charge in [0.25, 0.3) is 0 Å². The summed E-state index contributed by atoms with van der Waals surface area (Å²) in [5.41, 5.74) is 0.655. The van der Waals surface area contributed by atoms with Gasteiger partial charge in [-0.15, -0.1) is 11.8 Å². The lowest BCUT2D eigenvalue weighted by Crippen LogP contribution is -2.57. The van der Waals surface area contributed by atoms with Crippen LogP contribution in [0, 0.1) is 5.92 Å². The molecule has 3 aliphatic rings. The molecule has 0 aromatic heterocycles. The SMILES string of the molecule is CN(Cc1ccccc1)C1CCN(C(=O)C(CSCC2CCCCC2)NC(=O)C2CSCN2C(=O)OC(C)(C)C)CC1. The summed E-state index contributed by atoms with van der Waals surface area (Å²) in [4.78, 5) is 46.1. The molecule has 1 saturated carbocycles. The number of piperidine rings is 1. The summed E-state index contributed by atoms with van der Waals surface area (Å²) in [6.45, 7) is 7.73. The topological polar surface area (TPSA) is 82.2 Å². The van der Waals surface area contributed by atoms with Crippen molar-refractivity contribution in [3.63, 3.8) is 0 Å². The fourth-order valence-corrected chi connectivity index (χ4v) is 8.46. The molecule has 0 radical (unpaired) electrons. The molecule has 1 N–H and O–H groups in total. The van der Waals surface area contributed by atoms with E-state index < -0.39 is 23.8 Å². The minimum atomic E-state index is -0.638. The number of nitrogens with zero attached hydrogens (tertiary/aromatic N) is 3. The first-order valence-corrected chi connectivity index (χ1v) is 17.9. The number of nitrogens with one attached hydrogen (secondary N) is 1. The fraction of sp³-hybridized carbons (Fsp3) is 0.719. The van der Waals surface area contributed by atoms with Gasteiger partial charge >= 0.3 is 6.09 Å². The van der Waals surface area contributed by atoms with Gasteiger partial charge in [0.05, 0.1) is 5.88 Å². The zero-order valence-corrected chi connectivity index (χ0v) is 27.5. The van der Waals surface area contributed by atoms with Crippen molar-refractivity contribution >= 4 is 41.4 Å². The summed E-state index contributed by atoms with van der Waals surface area (Å²) in [7, 11) is 2.16. The van der Waals surface area contributed by atoms with E-state index in [0.717, 1.165) is 25.1 Å². The minimum Gasteiger partial charge on any atom is -0.444 e. The Morgan fingerprint density at radius 1 is 1.07 bits per heavy atom. The number of amides is 3. The molecule has 2 atom stereocenters. The molecule has 2 saturated heterocycles. The van der Waals surface area contributed by atoms with E-state index in [4.69, 9.17) is 4.74 Å². The average molecular weight is 619 g/mol. The van der Waals surface area contributed by atoms with Crippen molar-refractivity contribution in [1.82, 2.24) is 20.0 Å². The highest BCUT2D eigenvalue weighted by atomic mass is 32.2. The first kappa shape index (κ1) is 33.0. The van der Waals surface area contributed by atoms with Crippen molar-refractivity contribution in [1.29, 1.82) is 0 Å². The number of benzene rings is 1. The molecular weight excluding hydrogens is 569 g/mol. The first-order chi connectivity index (χ1) is 20.1. The van der Waals surface area contributed by atoms with Gasteiger partial charge in [-0.3, -0.25) is 19.4 Å². The monoisotopic (exact) mass is 618 g/mol. The average Bonchev–Trinajstić information content (AvgIpc) is 3.47. The van der Waals surface area contributed by atoms with E-state index in [1.54, 1.807) is 11.8 Å². The van der Waals surface area contributed by atoms with E-state index >= 15 is 0 Å².